The lowest BCUT2D eigenvalue weighted by atomic mass is 10.0. The molecule has 1 aliphatic heterocycles. The second-order valence-corrected chi connectivity index (χ2v) is 6.05. The van der Waals surface area contributed by atoms with Crippen LogP contribution in [0.2, 0.25) is 0 Å². The molecule has 4 N–H and O–H groups in total. The molecule has 126 valence electrons. The van der Waals surface area contributed by atoms with E-state index in [4.69, 9.17) is 5.11 Å². The third-order valence-corrected chi connectivity index (χ3v) is 3.95. The molecule has 0 aromatic carbocycles. The maximum absolute atomic E-state index is 12.2. The zero-order chi connectivity index (χ0) is 16.9. The summed E-state index contributed by atoms with van der Waals surface area (Å²) in [6, 6.07) is -1.15. The second kappa shape index (κ2) is 8.14. The van der Waals surface area contributed by atoms with Gasteiger partial charge in [0.25, 0.3) is 0 Å². The predicted molar refractivity (Wildman–Crippen MR) is 84.9 cm³/mol. The fraction of sp³-hybridized carbons (Fsp3) is 0.733. The number of rotatable bonds is 7. The number of hydrazine groups is 1. The molecule has 0 radical (unpaired) electrons. The first-order chi connectivity index (χ1) is 10.3. The summed E-state index contributed by atoms with van der Waals surface area (Å²) in [6.07, 6.45) is 1.36. The molecule has 1 heterocycles. The van der Waals surface area contributed by atoms with E-state index in [-0.39, 0.29) is 23.9 Å². The summed E-state index contributed by atoms with van der Waals surface area (Å²) in [5.74, 6) is -0.780. The summed E-state index contributed by atoms with van der Waals surface area (Å²) in [7, 11) is 1.76. The van der Waals surface area contributed by atoms with E-state index >= 15 is 0 Å². The molecule has 7 nitrogen and oxygen atoms in total. The lowest BCUT2D eigenvalue weighted by Crippen LogP contribution is -2.56. The molecule has 0 spiro atoms. The first-order valence-corrected chi connectivity index (χ1v) is 7.70. The average Bonchev–Trinajstić information content (AvgIpc) is 2.46. The molecule has 0 bridgehead atoms. The number of carboxylic acids is 1. The van der Waals surface area contributed by atoms with Gasteiger partial charge in [0.15, 0.2) is 0 Å². The Bertz CT molecular complexity index is 425. The van der Waals surface area contributed by atoms with Crippen molar-refractivity contribution in [3.63, 3.8) is 0 Å². The minimum Gasteiger partial charge on any atom is -0.480 e. The van der Waals surface area contributed by atoms with Crippen molar-refractivity contribution in [2.24, 2.45) is 5.92 Å². The summed E-state index contributed by atoms with van der Waals surface area (Å²) in [5, 5.41) is 16.7. The van der Waals surface area contributed by atoms with Crippen molar-refractivity contribution in [1.29, 1.82) is 0 Å². The molecular formula is C15H28N4O3. The van der Waals surface area contributed by atoms with Crippen LogP contribution in [0.25, 0.3) is 0 Å². The van der Waals surface area contributed by atoms with Crippen molar-refractivity contribution >= 4 is 11.9 Å². The number of carbonyl (C=O) groups excluding carboxylic acids is 1. The van der Waals surface area contributed by atoms with Crippen molar-refractivity contribution in [2.45, 2.75) is 51.7 Å². The third-order valence-electron chi connectivity index (χ3n) is 3.95. The van der Waals surface area contributed by atoms with Crippen LogP contribution in [0.4, 0.5) is 0 Å². The fourth-order valence-corrected chi connectivity index (χ4v) is 2.56. The molecule has 7 heteroatoms. The number of nitrogens with one attached hydrogen (secondary N) is 3. The highest BCUT2D eigenvalue weighted by molar-refractivity contribution is 5.82. The third kappa shape index (κ3) is 4.71. The number of amides is 1. The van der Waals surface area contributed by atoms with Gasteiger partial charge in [-0.2, -0.15) is 0 Å². The van der Waals surface area contributed by atoms with Crippen molar-refractivity contribution in [3.8, 4) is 0 Å². The van der Waals surface area contributed by atoms with Gasteiger partial charge in [0.2, 0.25) is 5.91 Å². The first kappa shape index (κ1) is 18.4. The Morgan fingerprint density at radius 3 is 2.50 bits per heavy atom. The van der Waals surface area contributed by atoms with Crippen molar-refractivity contribution in [1.82, 2.24) is 21.1 Å². The summed E-state index contributed by atoms with van der Waals surface area (Å²) in [6.45, 7) is 10.5. The van der Waals surface area contributed by atoms with Crippen LogP contribution in [0.15, 0.2) is 12.3 Å². The Labute approximate surface area is 132 Å². The molecule has 1 aliphatic rings. The summed E-state index contributed by atoms with van der Waals surface area (Å²) >= 11 is 0. The minimum absolute atomic E-state index is 0.0852. The van der Waals surface area contributed by atoms with Crippen molar-refractivity contribution in [2.75, 3.05) is 13.6 Å². The lowest BCUT2D eigenvalue weighted by Gasteiger charge is -2.37. The van der Waals surface area contributed by atoms with Crippen LogP contribution in [-0.4, -0.2) is 53.7 Å². The summed E-state index contributed by atoms with van der Waals surface area (Å²) in [4.78, 5) is 23.3. The van der Waals surface area contributed by atoms with Gasteiger partial charge in [-0.25, -0.2) is 5.43 Å². The van der Waals surface area contributed by atoms with Gasteiger partial charge in [-0.3, -0.25) is 9.59 Å². The van der Waals surface area contributed by atoms with E-state index in [9.17, 15) is 9.59 Å². The van der Waals surface area contributed by atoms with Gasteiger partial charge in [-0.1, -0.05) is 20.4 Å². The Balaban J connectivity index is 2.61. The average molecular weight is 312 g/mol. The highest BCUT2D eigenvalue weighted by atomic mass is 16.4. The van der Waals surface area contributed by atoms with Gasteiger partial charge >= 0.3 is 5.97 Å². The molecular weight excluding hydrogens is 284 g/mol. The summed E-state index contributed by atoms with van der Waals surface area (Å²) < 4.78 is 0. The number of nitrogens with zero attached hydrogens (tertiary/aromatic N) is 1. The standard InChI is InChI=1S/C15H28N4O3/c1-9(2)13(16-5)14(20)17-10(3)11(4)19-8-6-7-12(18-19)15(21)22/h9-10,12-13,16,18H,4,6-8H2,1-3,5H3,(H,17,20)(H,21,22). The van der Waals surface area contributed by atoms with Crippen LogP contribution in [-0.2, 0) is 9.59 Å². The zero-order valence-electron chi connectivity index (χ0n) is 13.8. The first-order valence-electron chi connectivity index (χ1n) is 7.70. The summed E-state index contributed by atoms with van der Waals surface area (Å²) in [5.41, 5.74) is 3.60. The Hall–Kier alpha value is -1.60. The van der Waals surface area contributed by atoms with Crippen LogP contribution >= 0.6 is 0 Å². The second-order valence-electron chi connectivity index (χ2n) is 6.05. The zero-order valence-corrected chi connectivity index (χ0v) is 13.8. The Kier molecular flexibility index (Phi) is 6.83. The van der Waals surface area contributed by atoms with Gasteiger partial charge in [0.1, 0.15) is 6.04 Å². The minimum atomic E-state index is -0.871. The molecule has 1 saturated heterocycles. The van der Waals surface area contributed by atoms with Gasteiger partial charge < -0.3 is 20.7 Å². The molecule has 0 aromatic heterocycles. The lowest BCUT2D eigenvalue weighted by molar-refractivity contribution is -0.142. The molecule has 22 heavy (non-hydrogen) atoms. The van der Waals surface area contributed by atoms with E-state index in [1.54, 1.807) is 12.1 Å². The van der Waals surface area contributed by atoms with Crippen LogP contribution in [0.3, 0.4) is 0 Å². The molecule has 0 aromatic rings. The largest absolute Gasteiger partial charge is 0.480 e. The van der Waals surface area contributed by atoms with Crippen LogP contribution in [0.5, 0.6) is 0 Å². The van der Waals surface area contributed by atoms with E-state index < -0.39 is 12.0 Å². The smallest absolute Gasteiger partial charge is 0.322 e. The highest BCUT2D eigenvalue weighted by Gasteiger charge is 2.28. The quantitative estimate of drug-likeness (QED) is 0.540. The van der Waals surface area contributed by atoms with Gasteiger partial charge in [0, 0.05) is 12.2 Å². The van der Waals surface area contributed by atoms with Crippen LogP contribution < -0.4 is 16.1 Å². The number of carbonyl (C=O) groups is 2. The van der Waals surface area contributed by atoms with E-state index in [0.717, 1.165) is 6.42 Å². The van der Waals surface area contributed by atoms with Crippen LogP contribution in [0.1, 0.15) is 33.6 Å². The topological polar surface area (TPSA) is 93.7 Å². The molecule has 3 unspecified atom stereocenters. The van der Waals surface area contributed by atoms with E-state index in [1.807, 2.05) is 20.8 Å². The van der Waals surface area contributed by atoms with E-state index in [0.29, 0.717) is 18.7 Å². The Morgan fingerprint density at radius 2 is 2.00 bits per heavy atom. The van der Waals surface area contributed by atoms with E-state index in [1.165, 1.54) is 0 Å². The number of hydrogen-bond acceptors (Lipinski definition) is 5. The predicted octanol–water partition coefficient (Wildman–Crippen LogP) is 0.302. The molecule has 0 aliphatic carbocycles. The normalized spacial score (nSPS) is 21.3. The monoisotopic (exact) mass is 312 g/mol. The van der Waals surface area contributed by atoms with Crippen molar-refractivity contribution in [3.05, 3.63) is 12.3 Å². The van der Waals surface area contributed by atoms with Crippen molar-refractivity contribution < 1.29 is 14.7 Å². The van der Waals surface area contributed by atoms with Gasteiger partial charge in [-0.15, -0.1) is 0 Å². The highest BCUT2D eigenvalue weighted by Crippen LogP contribution is 2.14. The molecule has 1 fully saturated rings. The fourth-order valence-electron chi connectivity index (χ4n) is 2.56. The number of likely N-dealkylation sites (N-methyl/N-ethyl adjacent to an activating group) is 1. The number of hydrogen-bond donors (Lipinski definition) is 4. The number of aliphatic carboxylic acids is 1. The molecule has 1 rings (SSSR count). The molecule has 0 saturated carbocycles. The Morgan fingerprint density at radius 1 is 1.36 bits per heavy atom. The SMILES string of the molecule is C=C(C(C)NC(=O)C(NC)C(C)C)N1CCCC(C(=O)O)N1. The van der Waals surface area contributed by atoms with Crippen LogP contribution in [0, 0.1) is 5.92 Å². The van der Waals surface area contributed by atoms with Gasteiger partial charge in [-0.05, 0) is 32.7 Å². The number of carboxylic acid groups (broad SMARTS) is 1. The molecule has 3 atom stereocenters. The maximum Gasteiger partial charge on any atom is 0.322 e. The molecule has 1 amide bonds. The van der Waals surface area contributed by atoms with E-state index in [2.05, 4.69) is 22.6 Å². The van der Waals surface area contributed by atoms with Gasteiger partial charge in [0.05, 0.1) is 12.1 Å². The maximum atomic E-state index is 12.2.